The van der Waals surface area contributed by atoms with Gasteiger partial charge in [-0.15, -0.1) is 0 Å². The average molecular weight is 443 g/mol. The van der Waals surface area contributed by atoms with E-state index < -0.39 is 0 Å². The predicted octanol–water partition coefficient (Wildman–Crippen LogP) is 5.29. The van der Waals surface area contributed by atoms with E-state index in [1.807, 2.05) is 66.3 Å². The number of aromatic nitrogens is 1. The van der Waals surface area contributed by atoms with Gasteiger partial charge in [0, 0.05) is 40.5 Å². The highest BCUT2D eigenvalue weighted by Crippen LogP contribution is 2.39. The lowest BCUT2D eigenvalue weighted by molar-refractivity contribution is 0.103. The molecule has 3 aromatic carbocycles. The number of ketones is 1. The van der Waals surface area contributed by atoms with E-state index in [-0.39, 0.29) is 5.78 Å². The molecule has 6 nitrogen and oxygen atoms in total. The molecule has 0 radical (unpaired) electrons. The number of aryl methyl sites for hydroxylation is 1. The average Bonchev–Trinajstić information content (AvgIpc) is 3.28. The Morgan fingerprint density at radius 1 is 0.848 bits per heavy atom. The number of carbonyl (C=O) groups is 1. The van der Waals surface area contributed by atoms with Crippen molar-refractivity contribution in [1.29, 1.82) is 0 Å². The lowest BCUT2D eigenvalue weighted by atomic mass is 9.97. The van der Waals surface area contributed by atoms with Crippen molar-refractivity contribution in [3.8, 4) is 34.1 Å². The first kappa shape index (κ1) is 22.0. The molecule has 0 aliphatic heterocycles. The molecule has 6 heteroatoms. The second kappa shape index (κ2) is 9.12. The summed E-state index contributed by atoms with van der Waals surface area (Å²) >= 11 is 0. The van der Waals surface area contributed by atoms with Crippen LogP contribution in [-0.4, -0.2) is 31.7 Å². The number of nitrogen functional groups attached to an aromatic ring is 1. The first-order valence-electron chi connectivity index (χ1n) is 10.4. The van der Waals surface area contributed by atoms with E-state index in [2.05, 4.69) is 6.07 Å². The molecule has 0 atom stereocenters. The van der Waals surface area contributed by atoms with E-state index in [1.54, 1.807) is 12.1 Å². The van der Waals surface area contributed by atoms with E-state index in [1.165, 1.54) is 21.3 Å². The number of rotatable bonds is 7. The number of methoxy groups -OCH3 is 3. The molecule has 0 bridgehead atoms. The van der Waals surface area contributed by atoms with Crippen molar-refractivity contribution in [3.63, 3.8) is 0 Å². The highest BCUT2D eigenvalue weighted by Gasteiger charge is 2.22. The van der Waals surface area contributed by atoms with Gasteiger partial charge in [-0.05, 0) is 54.4 Å². The van der Waals surface area contributed by atoms with E-state index in [9.17, 15) is 4.79 Å². The third-order valence-corrected chi connectivity index (χ3v) is 5.52. The maximum Gasteiger partial charge on any atom is 0.203 e. The highest BCUT2D eigenvalue weighted by molar-refractivity contribution is 6.13. The minimum atomic E-state index is -0.160. The van der Waals surface area contributed by atoms with Crippen molar-refractivity contribution in [2.75, 3.05) is 27.1 Å². The number of ether oxygens (including phenoxy) is 3. The van der Waals surface area contributed by atoms with E-state index in [0.29, 0.717) is 34.1 Å². The number of hydrogen-bond donors (Lipinski definition) is 1. The number of carbonyl (C=O) groups excluding carboxylic acids is 1. The summed E-state index contributed by atoms with van der Waals surface area (Å²) in [6, 6.07) is 18.9. The number of nitrogens with zero attached hydrogens (tertiary/aromatic N) is 1. The predicted molar refractivity (Wildman–Crippen MR) is 130 cm³/mol. The first-order chi connectivity index (χ1) is 15.9. The van der Waals surface area contributed by atoms with Crippen LogP contribution in [0.1, 0.15) is 21.5 Å². The molecule has 2 N–H and O–H groups in total. The van der Waals surface area contributed by atoms with Crippen molar-refractivity contribution in [3.05, 3.63) is 89.7 Å². The monoisotopic (exact) mass is 442 g/mol. The summed E-state index contributed by atoms with van der Waals surface area (Å²) in [6.45, 7) is 2.04. The van der Waals surface area contributed by atoms with Crippen LogP contribution in [0.3, 0.4) is 0 Å². The van der Waals surface area contributed by atoms with Gasteiger partial charge < -0.3 is 24.5 Å². The SMILES string of the molecule is COc1cc(C(=O)c2cn(-c3cccc(C)c3)cc2-c2ccc(N)cc2)cc(OC)c1OC. The van der Waals surface area contributed by atoms with Crippen LogP contribution in [0.15, 0.2) is 73.1 Å². The molecule has 0 spiro atoms. The van der Waals surface area contributed by atoms with Gasteiger partial charge in [-0.2, -0.15) is 0 Å². The molecule has 33 heavy (non-hydrogen) atoms. The minimum Gasteiger partial charge on any atom is -0.493 e. The highest BCUT2D eigenvalue weighted by atomic mass is 16.5. The van der Waals surface area contributed by atoms with Crippen LogP contribution in [0.2, 0.25) is 0 Å². The maximum absolute atomic E-state index is 13.8. The molecule has 0 saturated heterocycles. The molecule has 0 fully saturated rings. The van der Waals surface area contributed by atoms with Crippen LogP contribution >= 0.6 is 0 Å². The van der Waals surface area contributed by atoms with E-state index in [0.717, 1.165) is 22.4 Å². The van der Waals surface area contributed by atoms with Crippen LogP contribution in [-0.2, 0) is 0 Å². The minimum absolute atomic E-state index is 0.160. The van der Waals surface area contributed by atoms with Gasteiger partial charge in [0.2, 0.25) is 5.75 Å². The number of nitrogens with two attached hydrogens (primary N) is 1. The van der Waals surface area contributed by atoms with Gasteiger partial charge >= 0.3 is 0 Å². The zero-order valence-electron chi connectivity index (χ0n) is 19.1. The first-order valence-corrected chi connectivity index (χ1v) is 10.4. The lowest BCUT2D eigenvalue weighted by Crippen LogP contribution is -2.04. The molecule has 0 aliphatic carbocycles. The normalized spacial score (nSPS) is 10.7. The Morgan fingerprint density at radius 2 is 1.52 bits per heavy atom. The van der Waals surface area contributed by atoms with Crippen molar-refractivity contribution in [1.82, 2.24) is 4.57 Å². The van der Waals surface area contributed by atoms with Crippen LogP contribution in [0.25, 0.3) is 16.8 Å². The summed E-state index contributed by atoms with van der Waals surface area (Å²) in [7, 11) is 4.59. The summed E-state index contributed by atoms with van der Waals surface area (Å²) in [6.07, 6.45) is 3.82. The molecule has 4 rings (SSSR count). The van der Waals surface area contributed by atoms with Crippen molar-refractivity contribution in [2.24, 2.45) is 0 Å². The van der Waals surface area contributed by atoms with E-state index in [4.69, 9.17) is 19.9 Å². The van der Waals surface area contributed by atoms with Gasteiger partial charge in [0.1, 0.15) is 0 Å². The Hall–Kier alpha value is -4.19. The molecule has 168 valence electrons. The third kappa shape index (κ3) is 4.28. The Kier molecular flexibility index (Phi) is 6.09. The Morgan fingerprint density at radius 3 is 2.09 bits per heavy atom. The van der Waals surface area contributed by atoms with Crippen LogP contribution < -0.4 is 19.9 Å². The van der Waals surface area contributed by atoms with Gasteiger partial charge in [0.25, 0.3) is 0 Å². The van der Waals surface area contributed by atoms with Crippen molar-refractivity contribution >= 4 is 11.5 Å². The second-order valence-electron chi connectivity index (χ2n) is 7.70. The maximum atomic E-state index is 13.8. The Labute approximate surface area is 193 Å². The van der Waals surface area contributed by atoms with Gasteiger partial charge in [-0.1, -0.05) is 24.3 Å². The topological polar surface area (TPSA) is 75.7 Å². The Bertz CT molecular complexity index is 1280. The van der Waals surface area contributed by atoms with Gasteiger partial charge in [-0.25, -0.2) is 0 Å². The molecule has 0 unspecified atom stereocenters. The van der Waals surface area contributed by atoms with Crippen LogP contribution in [0, 0.1) is 6.92 Å². The molecule has 0 amide bonds. The standard InChI is InChI=1S/C27H26N2O4/c1-17-6-5-7-21(12-17)29-15-22(18-8-10-20(28)11-9-18)23(16-29)26(30)19-13-24(31-2)27(33-4)25(14-19)32-3/h5-16H,28H2,1-4H3. The summed E-state index contributed by atoms with van der Waals surface area (Å²) in [4.78, 5) is 13.8. The smallest absolute Gasteiger partial charge is 0.203 e. The molecule has 1 heterocycles. The third-order valence-electron chi connectivity index (χ3n) is 5.52. The van der Waals surface area contributed by atoms with Crippen LogP contribution in [0.5, 0.6) is 17.2 Å². The summed E-state index contributed by atoms with van der Waals surface area (Å²) < 4.78 is 18.3. The fraction of sp³-hybridized carbons (Fsp3) is 0.148. The van der Waals surface area contributed by atoms with Crippen LogP contribution in [0.4, 0.5) is 5.69 Å². The number of anilines is 1. The quantitative estimate of drug-likeness (QED) is 0.311. The largest absolute Gasteiger partial charge is 0.493 e. The molecular formula is C27H26N2O4. The molecule has 4 aromatic rings. The van der Waals surface area contributed by atoms with Gasteiger partial charge in [-0.3, -0.25) is 4.79 Å². The zero-order chi connectivity index (χ0) is 23.5. The second-order valence-corrected chi connectivity index (χ2v) is 7.70. The van der Waals surface area contributed by atoms with Crippen molar-refractivity contribution < 1.29 is 19.0 Å². The molecule has 0 aliphatic rings. The van der Waals surface area contributed by atoms with E-state index >= 15 is 0 Å². The fourth-order valence-electron chi connectivity index (χ4n) is 3.83. The summed E-state index contributed by atoms with van der Waals surface area (Å²) in [5, 5.41) is 0. The van der Waals surface area contributed by atoms with Crippen molar-refractivity contribution in [2.45, 2.75) is 6.92 Å². The van der Waals surface area contributed by atoms with Gasteiger partial charge in [0.15, 0.2) is 17.3 Å². The number of benzene rings is 3. The fourth-order valence-corrected chi connectivity index (χ4v) is 3.83. The summed E-state index contributed by atoms with van der Waals surface area (Å²) in [5.41, 5.74) is 11.3. The number of hydrogen-bond acceptors (Lipinski definition) is 5. The molecule has 0 saturated carbocycles. The molecular weight excluding hydrogens is 416 g/mol. The lowest BCUT2D eigenvalue weighted by Gasteiger charge is -2.14. The van der Waals surface area contributed by atoms with Gasteiger partial charge in [0.05, 0.1) is 21.3 Å². The zero-order valence-corrected chi connectivity index (χ0v) is 19.1. The Balaban J connectivity index is 1.89. The summed E-state index contributed by atoms with van der Waals surface area (Å²) in [5.74, 6) is 1.12. The molecule has 1 aromatic heterocycles.